The molecule has 0 radical (unpaired) electrons. The number of anilines is 1. The lowest BCUT2D eigenvalue weighted by Crippen LogP contribution is -2.29. The molecule has 3 aromatic rings. The number of H-pyrrole nitrogens is 1. The Morgan fingerprint density at radius 1 is 1.08 bits per heavy atom. The van der Waals surface area contributed by atoms with Gasteiger partial charge in [-0.25, -0.2) is 4.79 Å². The summed E-state index contributed by atoms with van der Waals surface area (Å²) in [6, 6.07) is 14.7. The predicted molar refractivity (Wildman–Crippen MR) is 101 cm³/mol. The summed E-state index contributed by atoms with van der Waals surface area (Å²) in [5, 5.41) is 7.15. The van der Waals surface area contributed by atoms with E-state index in [0.717, 1.165) is 11.9 Å². The molecule has 0 saturated carbocycles. The summed E-state index contributed by atoms with van der Waals surface area (Å²) < 4.78 is 4.64. The molecule has 0 aliphatic rings. The van der Waals surface area contributed by atoms with E-state index < -0.39 is 5.97 Å². The van der Waals surface area contributed by atoms with E-state index in [9.17, 15) is 9.59 Å². The summed E-state index contributed by atoms with van der Waals surface area (Å²) in [6.07, 6.45) is 2.85. The highest BCUT2D eigenvalue weighted by atomic mass is 16.5. The monoisotopic (exact) mass is 351 g/mol. The molecule has 0 spiro atoms. The van der Waals surface area contributed by atoms with Crippen LogP contribution >= 0.6 is 0 Å². The molecule has 134 valence electrons. The number of fused-ring (bicyclic) bond motifs is 1. The lowest BCUT2D eigenvalue weighted by molar-refractivity contribution is -0.115. The molecule has 0 aliphatic carbocycles. The number of carbonyl (C=O) groups is 2. The second-order valence-corrected chi connectivity index (χ2v) is 5.90. The van der Waals surface area contributed by atoms with Crippen molar-refractivity contribution in [2.45, 2.75) is 6.42 Å². The van der Waals surface area contributed by atoms with Crippen molar-refractivity contribution in [3.05, 3.63) is 65.9 Å². The summed E-state index contributed by atoms with van der Waals surface area (Å²) in [6.45, 7) is 0.928. The molecule has 26 heavy (non-hydrogen) atoms. The number of carbonyl (C=O) groups excluding carboxylic acids is 2. The third-order valence-electron chi connectivity index (χ3n) is 4.12. The average molecular weight is 351 g/mol. The van der Waals surface area contributed by atoms with E-state index in [4.69, 9.17) is 0 Å². The van der Waals surface area contributed by atoms with E-state index in [1.165, 1.54) is 18.1 Å². The minimum atomic E-state index is -0.401. The van der Waals surface area contributed by atoms with Gasteiger partial charge in [-0.15, -0.1) is 0 Å². The van der Waals surface area contributed by atoms with Crippen LogP contribution in [0.15, 0.2) is 54.7 Å². The standard InChI is InChI=1S/C20H21N3O3/c1-26-20(25)14-6-8-16(9-7-14)23-19(24)13-21-11-10-15-12-22-18-5-3-2-4-17(15)18/h2-9,12,21-22H,10-11,13H2,1H3,(H,23,24). The van der Waals surface area contributed by atoms with Crippen LogP contribution in [0.2, 0.25) is 0 Å². The second-order valence-electron chi connectivity index (χ2n) is 5.90. The fraction of sp³-hybridized carbons (Fsp3) is 0.200. The number of aromatic amines is 1. The predicted octanol–water partition coefficient (Wildman–Crippen LogP) is 2.73. The molecule has 1 aromatic heterocycles. The Hall–Kier alpha value is -3.12. The Labute approximate surface area is 151 Å². The van der Waals surface area contributed by atoms with Crippen LogP contribution in [0, 0.1) is 0 Å². The first-order chi connectivity index (χ1) is 12.7. The van der Waals surface area contributed by atoms with Crippen molar-refractivity contribution in [3.8, 4) is 0 Å². The normalized spacial score (nSPS) is 10.7. The van der Waals surface area contributed by atoms with Gasteiger partial charge in [0.15, 0.2) is 0 Å². The molecule has 3 N–H and O–H groups in total. The highest BCUT2D eigenvalue weighted by molar-refractivity contribution is 5.94. The molecule has 1 heterocycles. The number of esters is 1. The van der Waals surface area contributed by atoms with Crippen LogP contribution in [0.3, 0.4) is 0 Å². The summed E-state index contributed by atoms with van der Waals surface area (Å²) in [5.41, 5.74) is 3.44. The number of rotatable bonds is 7. The maximum Gasteiger partial charge on any atom is 0.337 e. The fourth-order valence-corrected chi connectivity index (χ4v) is 2.78. The van der Waals surface area contributed by atoms with E-state index in [1.807, 2.05) is 24.4 Å². The van der Waals surface area contributed by atoms with E-state index in [-0.39, 0.29) is 12.5 Å². The Morgan fingerprint density at radius 3 is 2.62 bits per heavy atom. The summed E-state index contributed by atoms with van der Waals surface area (Å²) in [7, 11) is 1.33. The Balaban J connectivity index is 1.43. The molecule has 0 unspecified atom stereocenters. The second kappa shape index (κ2) is 8.31. The van der Waals surface area contributed by atoms with Gasteiger partial charge in [-0.1, -0.05) is 18.2 Å². The maximum absolute atomic E-state index is 12.0. The topological polar surface area (TPSA) is 83.2 Å². The van der Waals surface area contributed by atoms with Crippen molar-refractivity contribution in [1.29, 1.82) is 0 Å². The van der Waals surface area contributed by atoms with Gasteiger partial charge in [-0.3, -0.25) is 4.79 Å². The smallest absolute Gasteiger partial charge is 0.337 e. The zero-order valence-corrected chi connectivity index (χ0v) is 14.5. The van der Waals surface area contributed by atoms with E-state index >= 15 is 0 Å². The number of amides is 1. The maximum atomic E-state index is 12.0. The van der Waals surface area contributed by atoms with Crippen molar-refractivity contribution in [2.75, 3.05) is 25.5 Å². The molecular weight excluding hydrogens is 330 g/mol. The number of nitrogens with one attached hydrogen (secondary N) is 3. The number of hydrogen-bond donors (Lipinski definition) is 3. The van der Waals surface area contributed by atoms with Crippen LogP contribution in [-0.2, 0) is 16.0 Å². The zero-order chi connectivity index (χ0) is 18.4. The van der Waals surface area contributed by atoms with Crippen LogP contribution < -0.4 is 10.6 Å². The number of methoxy groups -OCH3 is 1. The van der Waals surface area contributed by atoms with Crippen LogP contribution in [0.1, 0.15) is 15.9 Å². The van der Waals surface area contributed by atoms with Crippen molar-refractivity contribution in [2.24, 2.45) is 0 Å². The molecule has 2 aromatic carbocycles. The number of hydrogen-bond acceptors (Lipinski definition) is 4. The van der Waals surface area contributed by atoms with Gasteiger partial charge in [0.2, 0.25) is 5.91 Å². The minimum absolute atomic E-state index is 0.130. The molecule has 6 heteroatoms. The van der Waals surface area contributed by atoms with Crippen LogP contribution in [0.25, 0.3) is 10.9 Å². The highest BCUT2D eigenvalue weighted by Crippen LogP contribution is 2.17. The fourth-order valence-electron chi connectivity index (χ4n) is 2.78. The lowest BCUT2D eigenvalue weighted by atomic mass is 10.1. The van der Waals surface area contributed by atoms with Crippen LogP contribution in [-0.4, -0.2) is 37.1 Å². The van der Waals surface area contributed by atoms with Gasteiger partial charge in [0, 0.05) is 22.8 Å². The van der Waals surface area contributed by atoms with Crippen LogP contribution in [0.5, 0.6) is 0 Å². The van der Waals surface area contributed by atoms with Gasteiger partial charge in [0.25, 0.3) is 0 Å². The summed E-state index contributed by atoms with van der Waals surface area (Å²) in [5.74, 6) is -0.531. The van der Waals surface area contributed by atoms with Crippen molar-refractivity contribution in [3.63, 3.8) is 0 Å². The van der Waals surface area contributed by atoms with Gasteiger partial charge >= 0.3 is 5.97 Å². The first-order valence-electron chi connectivity index (χ1n) is 8.41. The number of ether oxygens (including phenoxy) is 1. The van der Waals surface area contributed by atoms with E-state index in [0.29, 0.717) is 17.8 Å². The third-order valence-corrected chi connectivity index (χ3v) is 4.12. The first-order valence-corrected chi connectivity index (χ1v) is 8.41. The Morgan fingerprint density at radius 2 is 1.85 bits per heavy atom. The zero-order valence-electron chi connectivity index (χ0n) is 14.5. The van der Waals surface area contributed by atoms with Crippen molar-refractivity contribution < 1.29 is 14.3 Å². The Kier molecular flexibility index (Phi) is 5.66. The van der Waals surface area contributed by atoms with Crippen molar-refractivity contribution >= 4 is 28.5 Å². The molecule has 6 nitrogen and oxygen atoms in total. The average Bonchev–Trinajstić information content (AvgIpc) is 3.08. The quantitative estimate of drug-likeness (QED) is 0.451. The molecular formula is C20H21N3O3. The van der Waals surface area contributed by atoms with E-state index in [2.05, 4.69) is 26.4 Å². The molecule has 0 saturated heterocycles. The van der Waals surface area contributed by atoms with Crippen LogP contribution in [0.4, 0.5) is 5.69 Å². The third kappa shape index (κ3) is 4.29. The highest BCUT2D eigenvalue weighted by Gasteiger charge is 2.07. The number of benzene rings is 2. The van der Waals surface area contributed by atoms with Gasteiger partial charge in [0.1, 0.15) is 0 Å². The molecule has 1 amide bonds. The van der Waals surface area contributed by atoms with Gasteiger partial charge < -0.3 is 20.4 Å². The minimum Gasteiger partial charge on any atom is -0.465 e. The number of aromatic nitrogens is 1. The molecule has 0 bridgehead atoms. The molecule has 3 rings (SSSR count). The first kappa shape index (κ1) is 17.7. The van der Waals surface area contributed by atoms with Gasteiger partial charge in [-0.05, 0) is 48.9 Å². The van der Waals surface area contributed by atoms with Gasteiger partial charge in [-0.2, -0.15) is 0 Å². The van der Waals surface area contributed by atoms with E-state index in [1.54, 1.807) is 24.3 Å². The van der Waals surface area contributed by atoms with Crippen molar-refractivity contribution in [1.82, 2.24) is 10.3 Å². The SMILES string of the molecule is COC(=O)c1ccc(NC(=O)CNCCc2c[nH]c3ccccc23)cc1. The molecule has 0 fully saturated rings. The summed E-state index contributed by atoms with van der Waals surface area (Å²) in [4.78, 5) is 26.6. The van der Waals surface area contributed by atoms with Gasteiger partial charge in [0.05, 0.1) is 19.2 Å². The number of para-hydroxylation sites is 1. The molecule has 0 aliphatic heterocycles. The lowest BCUT2D eigenvalue weighted by Gasteiger charge is -2.07. The molecule has 0 atom stereocenters. The Bertz CT molecular complexity index is 900. The summed E-state index contributed by atoms with van der Waals surface area (Å²) >= 11 is 0. The largest absolute Gasteiger partial charge is 0.465 e.